The van der Waals surface area contributed by atoms with Crippen LogP contribution < -0.4 is 0 Å². The third kappa shape index (κ3) is 4.59. The molecule has 0 aromatic heterocycles. The van der Waals surface area contributed by atoms with E-state index in [0.717, 1.165) is 0 Å². The van der Waals surface area contributed by atoms with Crippen LogP contribution in [0.2, 0.25) is 0 Å². The van der Waals surface area contributed by atoms with Gasteiger partial charge in [0.1, 0.15) is 9.87 Å². The third-order valence-electron chi connectivity index (χ3n) is 1.56. The minimum absolute atomic E-state index is 0.187. The van der Waals surface area contributed by atoms with Crippen LogP contribution in [0.5, 0.6) is 0 Å². The van der Waals surface area contributed by atoms with Crippen molar-refractivity contribution in [3.8, 4) is 12.3 Å². The topological polar surface area (TPSA) is 71.5 Å². The summed E-state index contributed by atoms with van der Waals surface area (Å²) >= 11 is 7.94. The first kappa shape index (κ1) is 16.2. The lowest BCUT2D eigenvalue weighted by Crippen LogP contribution is -2.38. The number of rotatable bonds is 7. The van der Waals surface area contributed by atoms with Crippen molar-refractivity contribution < 1.29 is 16.8 Å². The monoisotopic (exact) mass is 351 g/mol. The number of terminal acetylenes is 1. The third-order valence-corrected chi connectivity index (χ3v) is 7.64. The van der Waals surface area contributed by atoms with Crippen molar-refractivity contribution in [2.24, 2.45) is 0 Å². The Hall–Kier alpha value is 0.190. The van der Waals surface area contributed by atoms with Gasteiger partial charge in [0.15, 0.2) is 0 Å². The summed E-state index contributed by atoms with van der Waals surface area (Å²) in [5.74, 6) is 2.30. The predicted octanol–water partition coefficient (Wildman–Crippen LogP) is 0.910. The molecule has 0 unspecified atom stereocenters. The van der Waals surface area contributed by atoms with E-state index in [1.807, 2.05) is 0 Å². The molecule has 0 bridgehead atoms. The largest absolute Gasteiger partial charge is 0.241 e. The zero-order valence-corrected chi connectivity index (χ0v) is 12.2. The molecule has 0 fully saturated rings. The van der Waals surface area contributed by atoms with Crippen molar-refractivity contribution in [1.29, 1.82) is 0 Å². The van der Waals surface area contributed by atoms with Crippen LogP contribution in [0.3, 0.4) is 0 Å². The number of sulfonamides is 2. The SMILES string of the molecule is C#CCCCN(S(=O)(=O)CCl)S(=O)(=O)CBr. The summed E-state index contributed by atoms with van der Waals surface area (Å²) < 4.78 is 45.8. The minimum Gasteiger partial charge on any atom is -0.210 e. The molecule has 94 valence electrons. The average Bonchev–Trinajstić information content (AvgIpc) is 2.23. The van der Waals surface area contributed by atoms with Crippen molar-refractivity contribution in [2.75, 3.05) is 16.4 Å². The highest BCUT2D eigenvalue weighted by Gasteiger charge is 2.31. The highest BCUT2D eigenvalue weighted by atomic mass is 79.9. The van der Waals surface area contributed by atoms with Crippen molar-refractivity contribution >= 4 is 47.6 Å². The van der Waals surface area contributed by atoms with E-state index >= 15 is 0 Å². The lowest BCUT2D eigenvalue weighted by molar-refractivity contribution is 0.498. The van der Waals surface area contributed by atoms with Crippen molar-refractivity contribution in [3.63, 3.8) is 0 Å². The number of halogens is 2. The molecule has 0 rings (SSSR count). The van der Waals surface area contributed by atoms with Gasteiger partial charge in [0.25, 0.3) is 0 Å². The Balaban J connectivity index is 5.03. The van der Waals surface area contributed by atoms with E-state index in [2.05, 4.69) is 21.9 Å². The van der Waals surface area contributed by atoms with Crippen LogP contribution in [0.25, 0.3) is 0 Å². The van der Waals surface area contributed by atoms with Crippen molar-refractivity contribution in [3.05, 3.63) is 0 Å². The van der Waals surface area contributed by atoms with Gasteiger partial charge in [-0.15, -0.1) is 23.9 Å². The lowest BCUT2D eigenvalue weighted by Gasteiger charge is -2.18. The molecule has 0 saturated carbocycles. The molecule has 16 heavy (non-hydrogen) atoms. The van der Waals surface area contributed by atoms with Gasteiger partial charge in [-0.1, -0.05) is 19.6 Å². The van der Waals surface area contributed by atoms with Gasteiger partial charge in [0.05, 0.1) is 0 Å². The highest BCUT2D eigenvalue weighted by Crippen LogP contribution is 2.14. The van der Waals surface area contributed by atoms with Gasteiger partial charge in [-0.05, 0) is 6.42 Å². The number of nitrogens with zero attached hydrogens (tertiary/aromatic N) is 1. The normalized spacial score (nSPS) is 12.6. The van der Waals surface area contributed by atoms with Gasteiger partial charge in [-0.2, -0.15) is 0 Å². The van der Waals surface area contributed by atoms with Crippen LogP contribution in [0.1, 0.15) is 12.8 Å². The van der Waals surface area contributed by atoms with E-state index in [1.54, 1.807) is 0 Å². The van der Waals surface area contributed by atoms with Gasteiger partial charge in [0, 0.05) is 13.0 Å². The molecule has 0 saturated heterocycles. The molecule has 0 heterocycles. The van der Waals surface area contributed by atoms with E-state index in [0.29, 0.717) is 10.1 Å². The van der Waals surface area contributed by atoms with E-state index in [9.17, 15) is 16.8 Å². The Morgan fingerprint density at radius 2 is 1.81 bits per heavy atom. The molecular weight excluding hydrogens is 342 g/mol. The zero-order chi connectivity index (χ0) is 12.8. The van der Waals surface area contributed by atoms with Crippen LogP contribution in [-0.4, -0.2) is 37.0 Å². The van der Waals surface area contributed by atoms with Crippen molar-refractivity contribution in [1.82, 2.24) is 3.71 Å². The van der Waals surface area contributed by atoms with E-state index in [4.69, 9.17) is 18.0 Å². The van der Waals surface area contributed by atoms with Crippen LogP contribution >= 0.6 is 27.5 Å². The second-order valence-electron chi connectivity index (χ2n) is 2.75. The predicted molar refractivity (Wildman–Crippen MR) is 67.1 cm³/mol. The maximum absolute atomic E-state index is 11.5. The van der Waals surface area contributed by atoms with Gasteiger partial charge in [0.2, 0.25) is 20.0 Å². The van der Waals surface area contributed by atoms with Crippen LogP contribution in [0.15, 0.2) is 0 Å². The molecule has 0 aromatic carbocycles. The lowest BCUT2D eigenvalue weighted by atomic mass is 10.3. The molecule has 0 aromatic rings. The van der Waals surface area contributed by atoms with Gasteiger partial charge >= 0.3 is 0 Å². The molecular formula is C7H11BrClNO4S2. The molecule has 5 nitrogen and oxygen atoms in total. The summed E-state index contributed by atoms with van der Waals surface area (Å²) in [7, 11) is -7.90. The molecule has 0 spiro atoms. The summed E-state index contributed by atoms with van der Waals surface area (Å²) in [4.78, 5) is 0. The number of hydrogen-bond donors (Lipinski definition) is 0. The highest BCUT2D eigenvalue weighted by molar-refractivity contribution is 9.10. The molecule has 0 aliphatic rings. The summed E-state index contributed by atoms with van der Waals surface area (Å²) in [6, 6.07) is 0. The zero-order valence-electron chi connectivity index (χ0n) is 8.27. The molecule has 0 amide bonds. The maximum atomic E-state index is 11.5. The Morgan fingerprint density at radius 1 is 1.25 bits per heavy atom. The molecule has 9 heteroatoms. The Labute approximate surface area is 109 Å². The second kappa shape index (κ2) is 6.81. The number of hydrogen-bond acceptors (Lipinski definition) is 4. The Morgan fingerprint density at radius 3 is 2.19 bits per heavy atom. The summed E-state index contributed by atoms with van der Waals surface area (Å²) in [6.07, 6.45) is 5.56. The molecule has 0 atom stereocenters. The van der Waals surface area contributed by atoms with Gasteiger partial charge in [-0.3, -0.25) is 0 Å². The molecule has 0 aliphatic carbocycles. The average molecular weight is 353 g/mol. The van der Waals surface area contributed by atoms with Crippen LogP contribution in [-0.2, 0) is 20.0 Å². The molecule has 0 N–H and O–H groups in total. The fourth-order valence-corrected chi connectivity index (χ4v) is 5.28. The van der Waals surface area contributed by atoms with Crippen LogP contribution in [0, 0.1) is 12.3 Å². The summed E-state index contributed by atoms with van der Waals surface area (Å²) in [6.45, 7) is -0.187. The fraction of sp³-hybridized carbons (Fsp3) is 0.714. The smallest absolute Gasteiger partial charge is 0.210 e. The van der Waals surface area contributed by atoms with E-state index in [1.165, 1.54) is 0 Å². The first-order valence-electron chi connectivity index (χ1n) is 4.10. The van der Waals surface area contributed by atoms with Crippen molar-refractivity contribution in [2.45, 2.75) is 12.8 Å². The first-order chi connectivity index (χ1) is 7.31. The Kier molecular flexibility index (Phi) is 6.89. The maximum Gasteiger partial charge on any atom is 0.241 e. The van der Waals surface area contributed by atoms with Gasteiger partial charge < -0.3 is 0 Å². The standard InChI is InChI=1S/C7H11BrClNO4S2/c1-2-3-4-5-10(15(11,12)6-8)16(13,14)7-9/h1H,3-7H2. The van der Waals surface area contributed by atoms with Gasteiger partial charge in [-0.25, -0.2) is 16.8 Å². The minimum atomic E-state index is -4.00. The number of alkyl halides is 2. The fourth-order valence-electron chi connectivity index (χ4n) is 0.870. The molecule has 0 aliphatic heterocycles. The summed E-state index contributed by atoms with van der Waals surface area (Å²) in [5, 5.41) is -0.782. The second-order valence-corrected chi connectivity index (χ2v) is 8.65. The van der Waals surface area contributed by atoms with E-state index in [-0.39, 0.29) is 13.0 Å². The first-order valence-corrected chi connectivity index (χ1v) is 8.98. The quantitative estimate of drug-likeness (QED) is 0.388. The van der Waals surface area contributed by atoms with Crippen LogP contribution in [0.4, 0.5) is 0 Å². The van der Waals surface area contributed by atoms with E-state index < -0.39 is 29.9 Å². The Bertz CT molecular complexity index is 419. The summed E-state index contributed by atoms with van der Waals surface area (Å²) in [5.41, 5.74) is 0. The number of unbranched alkanes of at least 4 members (excludes halogenated alkanes) is 1. The molecule has 0 radical (unpaired) electrons.